The molecule has 0 unspecified atom stereocenters. The molecule has 4 amide bonds. The third-order valence-electron chi connectivity index (χ3n) is 9.64. The average Bonchev–Trinajstić information content (AvgIpc) is 3.89. The minimum atomic E-state index is -4.96. The number of fused-ring (bicyclic) bond motifs is 2. The fourth-order valence-corrected chi connectivity index (χ4v) is 7.01. The van der Waals surface area contributed by atoms with Gasteiger partial charge in [0.25, 0.3) is 5.91 Å². The van der Waals surface area contributed by atoms with Crippen LogP contribution in [0.2, 0.25) is 5.02 Å². The molecule has 5 N–H and O–H groups in total. The summed E-state index contributed by atoms with van der Waals surface area (Å²) in [5, 5.41) is 26.1. The molecule has 0 aliphatic heterocycles. The average molecular weight is 962 g/mol. The lowest BCUT2D eigenvalue weighted by atomic mass is 10.0. The largest absolute Gasteiger partial charge is 0.573 e. The van der Waals surface area contributed by atoms with Crippen LogP contribution >= 0.6 is 11.6 Å². The van der Waals surface area contributed by atoms with Crippen molar-refractivity contribution in [1.82, 2.24) is 41.1 Å². The van der Waals surface area contributed by atoms with Crippen molar-refractivity contribution in [2.75, 3.05) is 5.32 Å². The minimum absolute atomic E-state index is 0.0107. The molecular weight excluding hydrogens is 915 g/mol. The number of tetrazole rings is 1. The molecule has 6 aromatic rings. The highest BCUT2D eigenvalue weighted by molar-refractivity contribution is 6.31. The summed E-state index contributed by atoms with van der Waals surface area (Å²) in [6.07, 6.45) is -7.19. The van der Waals surface area contributed by atoms with E-state index in [1.807, 2.05) is 36.4 Å². The summed E-state index contributed by atoms with van der Waals surface area (Å²) in [6.45, 7) is 9.72. The molecule has 0 saturated carbocycles. The number of hydrogen-bond acceptors (Lipinski definition) is 12. The number of hydrogen-bond donors (Lipinski definition) is 5. The topological polar surface area (TPSA) is 238 Å². The first-order valence-electron chi connectivity index (χ1n) is 20.9. The standard InChI is InChI=1S/C46H47ClF3N9O9/c1-44(2,3)67-38(60)24-34(41(63)52-33(23-37-55-57-58-56-37)39(61)51-30-14-16-31(17-15-30)66-46(48,49)50)53-40(62)32(20-25-11-12-26-9-7-8-10-27(26)19-25)54-42(64)36-22-28-21-29(47)13-18-35(28)59(36)43(65)68-45(4,5)6/h7-19,21-22,32-34H,20,23-24H2,1-6H3,(H,51,61)(H,52,63)(H,53,62)(H,54,64)(H,55,56,57,58)/t32-,33-,34-/m0/s1. The van der Waals surface area contributed by atoms with Gasteiger partial charge in [0, 0.05) is 28.9 Å². The molecule has 2 heterocycles. The van der Waals surface area contributed by atoms with Gasteiger partial charge in [0.2, 0.25) is 17.7 Å². The Kier molecular flexibility index (Phi) is 15.1. The highest BCUT2D eigenvalue weighted by Crippen LogP contribution is 2.27. The monoisotopic (exact) mass is 961 g/mol. The van der Waals surface area contributed by atoms with Gasteiger partial charge < -0.3 is 35.5 Å². The lowest BCUT2D eigenvalue weighted by Gasteiger charge is -2.26. The number of anilines is 1. The van der Waals surface area contributed by atoms with Crippen molar-refractivity contribution in [3.63, 3.8) is 0 Å². The third kappa shape index (κ3) is 14.0. The van der Waals surface area contributed by atoms with Crippen molar-refractivity contribution in [2.24, 2.45) is 0 Å². The first kappa shape index (κ1) is 49.9. The van der Waals surface area contributed by atoms with Crippen LogP contribution in [0.15, 0.2) is 91.0 Å². The number of nitrogens with one attached hydrogen (secondary N) is 5. The highest BCUT2D eigenvalue weighted by atomic mass is 35.5. The molecule has 18 nitrogen and oxygen atoms in total. The van der Waals surface area contributed by atoms with Gasteiger partial charge in [-0.2, -0.15) is 5.21 Å². The molecule has 0 spiro atoms. The fourth-order valence-electron chi connectivity index (χ4n) is 6.83. The molecular formula is C46H47ClF3N9O9. The molecule has 22 heteroatoms. The molecule has 4 aromatic carbocycles. The van der Waals surface area contributed by atoms with Crippen LogP contribution in [0.5, 0.6) is 5.75 Å². The Hall–Kier alpha value is -7.55. The molecule has 358 valence electrons. The number of benzene rings is 4. The molecule has 0 radical (unpaired) electrons. The first-order valence-corrected chi connectivity index (χ1v) is 21.3. The first-order chi connectivity index (χ1) is 31.9. The van der Waals surface area contributed by atoms with Crippen LogP contribution < -0.4 is 26.0 Å². The number of aromatic nitrogens is 5. The summed E-state index contributed by atoms with van der Waals surface area (Å²) in [6, 6.07) is 18.2. The number of amides is 4. The van der Waals surface area contributed by atoms with Crippen molar-refractivity contribution in [1.29, 1.82) is 0 Å². The van der Waals surface area contributed by atoms with E-state index in [0.717, 1.165) is 39.6 Å². The number of rotatable bonds is 15. The van der Waals surface area contributed by atoms with Crippen LogP contribution in [0.3, 0.4) is 0 Å². The van der Waals surface area contributed by atoms with E-state index in [0.29, 0.717) is 16.0 Å². The van der Waals surface area contributed by atoms with E-state index in [-0.39, 0.29) is 29.1 Å². The molecule has 68 heavy (non-hydrogen) atoms. The second-order valence-corrected chi connectivity index (χ2v) is 17.9. The SMILES string of the molecule is CC(C)(C)OC(=O)C[C@H](NC(=O)[C@H](Cc1ccc2ccccc2c1)NC(=O)c1cc2cc(Cl)ccc2n1C(=O)OC(C)(C)C)C(=O)N[C@@H](Cc1nn[nH]n1)C(=O)Nc1ccc(OC(F)(F)F)cc1. The zero-order valence-corrected chi connectivity index (χ0v) is 38.2. The van der Waals surface area contributed by atoms with Gasteiger partial charge in [0.1, 0.15) is 40.8 Å². The van der Waals surface area contributed by atoms with E-state index >= 15 is 0 Å². The van der Waals surface area contributed by atoms with Gasteiger partial charge in [0.15, 0.2) is 5.82 Å². The summed E-state index contributed by atoms with van der Waals surface area (Å²) in [7, 11) is 0. The van der Waals surface area contributed by atoms with E-state index in [2.05, 4.69) is 46.6 Å². The number of ether oxygens (including phenoxy) is 3. The molecule has 2 aromatic heterocycles. The quantitative estimate of drug-likeness (QED) is 0.0688. The van der Waals surface area contributed by atoms with Gasteiger partial charge in [-0.1, -0.05) is 59.3 Å². The number of H-pyrrole nitrogens is 1. The zero-order chi connectivity index (χ0) is 49.6. The molecule has 6 rings (SSSR count). The Morgan fingerprint density at radius 3 is 2.00 bits per heavy atom. The van der Waals surface area contributed by atoms with Crippen LogP contribution in [0.25, 0.3) is 21.7 Å². The molecule has 0 aliphatic rings. The van der Waals surface area contributed by atoms with Crippen LogP contribution in [0.4, 0.5) is 23.7 Å². The summed E-state index contributed by atoms with van der Waals surface area (Å²) in [5.41, 5.74) is -1.35. The normalized spacial score (nSPS) is 13.2. The lowest BCUT2D eigenvalue weighted by molar-refractivity contribution is -0.274. The summed E-state index contributed by atoms with van der Waals surface area (Å²) in [5.74, 6) is -5.35. The predicted molar refractivity (Wildman–Crippen MR) is 241 cm³/mol. The third-order valence-corrected chi connectivity index (χ3v) is 9.87. The highest BCUT2D eigenvalue weighted by Gasteiger charge is 2.35. The van der Waals surface area contributed by atoms with Gasteiger partial charge in [-0.25, -0.2) is 9.36 Å². The van der Waals surface area contributed by atoms with Crippen LogP contribution in [0, 0.1) is 0 Å². The van der Waals surface area contributed by atoms with Crippen molar-refractivity contribution in [3.05, 3.63) is 113 Å². The lowest BCUT2D eigenvalue weighted by Crippen LogP contribution is -2.57. The number of nitrogens with zero attached hydrogens (tertiary/aromatic N) is 4. The van der Waals surface area contributed by atoms with Gasteiger partial charge >= 0.3 is 18.4 Å². The zero-order valence-electron chi connectivity index (χ0n) is 37.5. The van der Waals surface area contributed by atoms with Gasteiger partial charge in [-0.3, -0.25) is 24.0 Å². The minimum Gasteiger partial charge on any atom is -0.460 e. The van der Waals surface area contributed by atoms with Gasteiger partial charge in [-0.05, 0) is 106 Å². The van der Waals surface area contributed by atoms with E-state index in [1.54, 1.807) is 53.7 Å². The number of halogens is 4. The van der Waals surface area contributed by atoms with Crippen molar-refractivity contribution in [2.45, 2.75) is 96.5 Å². The molecule has 3 atom stereocenters. The predicted octanol–water partition coefficient (Wildman–Crippen LogP) is 6.57. The Balaban J connectivity index is 1.33. The summed E-state index contributed by atoms with van der Waals surface area (Å²) >= 11 is 6.28. The maximum Gasteiger partial charge on any atom is 0.573 e. The van der Waals surface area contributed by atoms with Gasteiger partial charge in [0.05, 0.1) is 11.9 Å². The maximum absolute atomic E-state index is 14.6. The Bertz CT molecular complexity index is 2820. The summed E-state index contributed by atoms with van der Waals surface area (Å²) in [4.78, 5) is 84.2. The molecule has 0 aliphatic carbocycles. The Morgan fingerprint density at radius 1 is 0.706 bits per heavy atom. The number of aromatic amines is 1. The fraction of sp³-hybridized carbons (Fsp3) is 0.326. The second kappa shape index (κ2) is 20.5. The van der Waals surface area contributed by atoms with E-state index < -0.39 is 90.0 Å². The van der Waals surface area contributed by atoms with Crippen molar-refractivity contribution in [3.8, 4) is 5.75 Å². The van der Waals surface area contributed by atoms with Gasteiger partial charge in [-0.15, -0.1) is 23.4 Å². The number of carbonyl (C=O) groups is 6. The summed E-state index contributed by atoms with van der Waals surface area (Å²) < 4.78 is 54.4. The van der Waals surface area contributed by atoms with E-state index in [4.69, 9.17) is 21.1 Å². The van der Waals surface area contributed by atoms with Crippen LogP contribution in [-0.2, 0) is 41.5 Å². The van der Waals surface area contributed by atoms with Crippen LogP contribution in [0.1, 0.15) is 69.8 Å². The van der Waals surface area contributed by atoms with Crippen LogP contribution in [-0.4, -0.2) is 96.6 Å². The van der Waals surface area contributed by atoms with Crippen molar-refractivity contribution >= 4 is 74.7 Å². The maximum atomic E-state index is 14.6. The van der Waals surface area contributed by atoms with Crippen molar-refractivity contribution < 1.29 is 56.1 Å². The number of carbonyl (C=O) groups excluding carboxylic acids is 6. The number of esters is 1. The Labute approximate surface area is 391 Å². The number of alkyl halides is 3. The Morgan fingerprint density at radius 2 is 1.35 bits per heavy atom. The molecule has 0 bridgehead atoms. The second-order valence-electron chi connectivity index (χ2n) is 17.5. The molecule has 0 fully saturated rings. The van der Waals surface area contributed by atoms with E-state index in [9.17, 15) is 41.9 Å². The molecule has 0 saturated heterocycles. The smallest absolute Gasteiger partial charge is 0.460 e. The van der Waals surface area contributed by atoms with E-state index in [1.165, 1.54) is 18.2 Å².